The van der Waals surface area contributed by atoms with Crippen LogP contribution in [0.3, 0.4) is 0 Å². The van der Waals surface area contributed by atoms with Gasteiger partial charge in [-0.3, -0.25) is 9.59 Å². The summed E-state index contributed by atoms with van der Waals surface area (Å²) in [5.74, 6) is -0.0788. The molecule has 2 amide bonds. The molecule has 30 heavy (non-hydrogen) atoms. The molecule has 8 N–H and O–H groups in total. The van der Waals surface area contributed by atoms with Crippen LogP contribution < -0.4 is 26.8 Å². The minimum Gasteiger partial charge on any atom is -0.437 e. The number of nitrogens with one attached hydrogen (secondary N) is 4. The maximum Gasteiger partial charge on any atom is 0.374 e. The largest absolute Gasteiger partial charge is 0.437 e. The topological polar surface area (TPSA) is 149 Å². The quantitative estimate of drug-likeness (QED) is 0.136. The summed E-state index contributed by atoms with van der Waals surface area (Å²) in [5, 5.41) is 29.6. The van der Waals surface area contributed by atoms with Gasteiger partial charge < -0.3 is 36.9 Å². The molecule has 0 aromatic rings. The monoisotopic (exact) mass is 429 g/mol. The number of amides is 2. The number of hydrogen-bond donors (Lipinski definition) is 7. The van der Waals surface area contributed by atoms with Gasteiger partial charge in [0.2, 0.25) is 11.8 Å². The van der Waals surface area contributed by atoms with Crippen LogP contribution in [0.15, 0.2) is 0 Å². The minimum absolute atomic E-state index is 0.0190. The van der Waals surface area contributed by atoms with Crippen LogP contribution >= 0.6 is 0 Å². The van der Waals surface area contributed by atoms with Crippen LogP contribution in [0.4, 0.5) is 0 Å². The van der Waals surface area contributed by atoms with Crippen molar-refractivity contribution in [2.75, 3.05) is 19.6 Å². The van der Waals surface area contributed by atoms with Gasteiger partial charge in [-0.25, -0.2) is 0 Å². The van der Waals surface area contributed by atoms with Crippen molar-refractivity contribution in [3.05, 3.63) is 0 Å². The number of nitrogens with two attached hydrogens (primary N) is 1. The molecule has 0 saturated heterocycles. The summed E-state index contributed by atoms with van der Waals surface area (Å²) in [4.78, 5) is 23.1. The standard InChI is InChI=1S/C10H23BN2O2.C9H22BN3O2/c1-4-6-7-8-9(13-11(3)15)10(14)12-5-2;1-3-12-9(14)8(13-10(2)15)6-4-5-7-11/h9,13,15H,4-8H2,1-3H3,(H,12,14);8,13,15H,3-7,11H2,1-2H3,(H,12,14). The number of hydrogen-bond acceptors (Lipinski definition) is 7. The lowest BCUT2D eigenvalue weighted by atomic mass is 9.86. The molecule has 0 radical (unpaired) electrons. The summed E-state index contributed by atoms with van der Waals surface area (Å²) in [6.45, 7) is 11.0. The van der Waals surface area contributed by atoms with E-state index in [2.05, 4.69) is 28.0 Å². The minimum atomic E-state index is -0.671. The zero-order chi connectivity index (χ0) is 23.4. The lowest BCUT2D eigenvalue weighted by Gasteiger charge is -2.18. The SMILES string of the molecule is CCCCCC(NB(C)O)C(=O)NCC.CCNC(=O)C(CCCCN)NB(C)O. The number of unbranched alkanes of at least 4 members (excludes halogenated alkanes) is 3. The van der Waals surface area contributed by atoms with E-state index in [1.807, 2.05) is 13.8 Å². The van der Waals surface area contributed by atoms with Crippen molar-refractivity contribution in [3.63, 3.8) is 0 Å². The van der Waals surface area contributed by atoms with Crippen LogP contribution in [-0.2, 0) is 9.59 Å². The highest BCUT2D eigenvalue weighted by Crippen LogP contribution is 2.04. The molecule has 9 nitrogen and oxygen atoms in total. The van der Waals surface area contributed by atoms with Crippen LogP contribution in [-0.4, -0.2) is 67.7 Å². The van der Waals surface area contributed by atoms with E-state index in [9.17, 15) is 19.6 Å². The molecule has 0 aliphatic carbocycles. The third-order valence-electron chi connectivity index (χ3n) is 4.26. The first-order valence-electron chi connectivity index (χ1n) is 11.4. The molecule has 0 rings (SSSR count). The van der Waals surface area contributed by atoms with Gasteiger partial charge in [0.15, 0.2) is 0 Å². The first-order valence-corrected chi connectivity index (χ1v) is 11.4. The Balaban J connectivity index is 0. The molecule has 0 fully saturated rings. The zero-order valence-corrected chi connectivity index (χ0v) is 19.7. The number of carbonyl (C=O) groups excluding carboxylic acids is 2. The van der Waals surface area contributed by atoms with Crippen molar-refractivity contribution in [2.45, 2.75) is 91.4 Å². The van der Waals surface area contributed by atoms with Crippen molar-refractivity contribution in [2.24, 2.45) is 5.73 Å². The van der Waals surface area contributed by atoms with Crippen molar-refractivity contribution in [3.8, 4) is 0 Å². The molecular weight excluding hydrogens is 384 g/mol. The molecule has 0 aromatic heterocycles. The normalized spacial score (nSPS) is 12.3. The molecule has 0 aliphatic rings. The van der Waals surface area contributed by atoms with Gasteiger partial charge in [-0.2, -0.15) is 0 Å². The second-order valence-corrected chi connectivity index (χ2v) is 7.36. The first-order chi connectivity index (χ1) is 14.2. The average molecular weight is 429 g/mol. The Hall–Kier alpha value is -1.13. The van der Waals surface area contributed by atoms with Crippen molar-refractivity contribution in [1.82, 2.24) is 21.1 Å². The zero-order valence-electron chi connectivity index (χ0n) is 19.7. The Morgan fingerprint density at radius 1 is 0.800 bits per heavy atom. The molecule has 11 heteroatoms. The Morgan fingerprint density at radius 3 is 1.50 bits per heavy atom. The third-order valence-corrected chi connectivity index (χ3v) is 4.26. The Kier molecular flexibility index (Phi) is 21.9. The summed E-state index contributed by atoms with van der Waals surface area (Å²) in [6, 6.07) is -0.590. The van der Waals surface area contributed by atoms with Crippen LogP contribution in [0.1, 0.15) is 65.7 Å². The molecule has 0 heterocycles. The van der Waals surface area contributed by atoms with Gasteiger partial charge in [0.1, 0.15) is 0 Å². The predicted octanol–water partition coefficient (Wildman–Crippen LogP) is 0.0913. The maximum absolute atomic E-state index is 11.6. The van der Waals surface area contributed by atoms with Crippen LogP contribution in [0.5, 0.6) is 0 Å². The van der Waals surface area contributed by atoms with Crippen LogP contribution in [0, 0.1) is 0 Å². The van der Waals surface area contributed by atoms with E-state index >= 15 is 0 Å². The summed E-state index contributed by atoms with van der Waals surface area (Å²) in [6.07, 6.45) is 6.54. The molecule has 2 unspecified atom stereocenters. The summed E-state index contributed by atoms with van der Waals surface area (Å²) < 4.78 is 0. The fourth-order valence-electron chi connectivity index (χ4n) is 2.85. The van der Waals surface area contributed by atoms with E-state index in [-0.39, 0.29) is 23.9 Å². The van der Waals surface area contributed by atoms with E-state index < -0.39 is 14.1 Å². The highest BCUT2D eigenvalue weighted by atomic mass is 16.2. The Morgan fingerprint density at radius 2 is 1.20 bits per heavy atom. The summed E-state index contributed by atoms with van der Waals surface area (Å²) in [7, 11) is -1.31. The summed E-state index contributed by atoms with van der Waals surface area (Å²) >= 11 is 0. The van der Waals surface area contributed by atoms with Gasteiger partial charge in [-0.1, -0.05) is 32.6 Å². The number of rotatable bonds is 16. The van der Waals surface area contributed by atoms with Gasteiger partial charge in [0.05, 0.1) is 12.1 Å². The predicted molar refractivity (Wildman–Crippen MR) is 126 cm³/mol. The van der Waals surface area contributed by atoms with E-state index in [4.69, 9.17) is 5.73 Å². The number of carbonyl (C=O) groups is 2. The van der Waals surface area contributed by atoms with Gasteiger partial charge >= 0.3 is 14.1 Å². The second-order valence-electron chi connectivity index (χ2n) is 7.36. The van der Waals surface area contributed by atoms with E-state index in [1.54, 1.807) is 13.6 Å². The highest BCUT2D eigenvalue weighted by Gasteiger charge is 2.20. The lowest BCUT2D eigenvalue weighted by molar-refractivity contribution is -0.123. The molecule has 0 aliphatic heterocycles. The first kappa shape index (κ1) is 31.1. The molecule has 176 valence electrons. The van der Waals surface area contributed by atoms with Gasteiger partial charge in [-0.05, 0) is 53.3 Å². The third kappa shape index (κ3) is 18.9. The van der Waals surface area contributed by atoms with Gasteiger partial charge in [0.25, 0.3) is 0 Å². The molecule has 0 saturated carbocycles. The maximum atomic E-state index is 11.6. The fraction of sp³-hybridized carbons (Fsp3) is 0.895. The molecular formula is C19H45B2N5O4. The second kappa shape index (κ2) is 21.1. The lowest BCUT2D eigenvalue weighted by Crippen LogP contribution is -2.49. The van der Waals surface area contributed by atoms with Gasteiger partial charge in [0, 0.05) is 13.1 Å². The van der Waals surface area contributed by atoms with Crippen molar-refractivity contribution < 1.29 is 19.6 Å². The molecule has 0 aromatic carbocycles. The van der Waals surface area contributed by atoms with E-state index in [0.717, 1.165) is 38.5 Å². The highest BCUT2D eigenvalue weighted by molar-refractivity contribution is 6.46. The van der Waals surface area contributed by atoms with Crippen LogP contribution in [0.2, 0.25) is 13.6 Å². The van der Waals surface area contributed by atoms with Crippen molar-refractivity contribution in [1.29, 1.82) is 0 Å². The van der Waals surface area contributed by atoms with Crippen LogP contribution in [0.25, 0.3) is 0 Å². The molecule has 2 atom stereocenters. The number of likely N-dealkylation sites (N-methyl/N-ethyl adjacent to an activating group) is 2. The van der Waals surface area contributed by atoms with E-state index in [0.29, 0.717) is 26.1 Å². The Labute approximate surface area is 184 Å². The van der Waals surface area contributed by atoms with E-state index in [1.165, 1.54) is 0 Å². The van der Waals surface area contributed by atoms with Crippen molar-refractivity contribution >= 4 is 25.9 Å². The molecule has 0 spiro atoms. The van der Waals surface area contributed by atoms with Gasteiger partial charge in [-0.15, -0.1) is 0 Å². The summed E-state index contributed by atoms with van der Waals surface area (Å²) in [5.41, 5.74) is 5.38. The Bertz CT molecular complexity index is 394. The molecule has 0 bridgehead atoms. The fourth-order valence-corrected chi connectivity index (χ4v) is 2.85. The average Bonchev–Trinajstić information content (AvgIpc) is 2.67. The smallest absolute Gasteiger partial charge is 0.374 e.